The lowest BCUT2D eigenvalue weighted by Gasteiger charge is -2.26. The van der Waals surface area contributed by atoms with Gasteiger partial charge < -0.3 is 14.8 Å². The second-order valence-electron chi connectivity index (χ2n) is 8.64. The molecule has 0 bridgehead atoms. The van der Waals surface area contributed by atoms with Gasteiger partial charge in [-0.2, -0.15) is 0 Å². The van der Waals surface area contributed by atoms with E-state index in [0.717, 1.165) is 47.5 Å². The van der Waals surface area contributed by atoms with Gasteiger partial charge in [-0.25, -0.2) is 4.98 Å². The Labute approximate surface area is 215 Å². The van der Waals surface area contributed by atoms with Crippen LogP contribution in [0.5, 0.6) is 10.9 Å². The number of carboxylic acid groups (broad SMARTS) is 1. The van der Waals surface area contributed by atoms with E-state index in [1.54, 1.807) is 16.2 Å². The van der Waals surface area contributed by atoms with Crippen molar-refractivity contribution in [3.8, 4) is 10.9 Å². The van der Waals surface area contributed by atoms with Crippen LogP contribution >= 0.6 is 22.7 Å². The first-order valence-corrected chi connectivity index (χ1v) is 13.3. The number of ether oxygens (including phenoxy) is 1. The van der Waals surface area contributed by atoms with Crippen molar-refractivity contribution in [2.75, 3.05) is 6.54 Å². The molecule has 0 radical (unpaired) electrons. The van der Waals surface area contributed by atoms with Gasteiger partial charge in [-0.05, 0) is 53.3 Å². The molecule has 0 saturated carbocycles. The quantitative estimate of drug-likeness (QED) is 0.247. The SMILES string of the molecule is O=CO.c1ccc2sc(Oc3ccc4c(CN5CCc6sc7ccccc7c6C5)c[nH]c4c3)nc2c1. The first kappa shape index (κ1) is 22.7. The third-order valence-electron chi connectivity index (χ3n) is 6.43. The van der Waals surface area contributed by atoms with E-state index in [-0.39, 0.29) is 6.47 Å². The van der Waals surface area contributed by atoms with Crippen LogP contribution in [0.4, 0.5) is 0 Å². The summed E-state index contributed by atoms with van der Waals surface area (Å²) in [5.41, 5.74) is 4.93. The molecule has 3 aromatic heterocycles. The summed E-state index contributed by atoms with van der Waals surface area (Å²) < 4.78 is 8.63. The Kier molecular flexibility index (Phi) is 6.14. The topological polar surface area (TPSA) is 78.5 Å². The Bertz CT molecular complexity index is 1650. The molecule has 8 heteroatoms. The van der Waals surface area contributed by atoms with Gasteiger partial charge in [0.2, 0.25) is 0 Å². The van der Waals surface area contributed by atoms with Gasteiger partial charge in [0.25, 0.3) is 11.7 Å². The zero-order valence-electron chi connectivity index (χ0n) is 19.3. The smallest absolute Gasteiger partial charge is 0.290 e. The number of aromatic amines is 1. The Morgan fingerprint density at radius 3 is 2.69 bits per heavy atom. The number of thiophene rings is 1. The molecule has 6 aromatic rings. The normalized spacial score (nSPS) is 13.4. The number of para-hydroxylation sites is 1. The molecule has 2 N–H and O–H groups in total. The highest BCUT2D eigenvalue weighted by Gasteiger charge is 2.21. The van der Waals surface area contributed by atoms with Crippen LogP contribution in [0.2, 0.25) is 0 Å². The van der Waals surface area contributed by atoms with E-state index in [1.165, 1.54) is 26.6 Å². The van der Waals surface area contributed by atoms with Crippen molar-refractivity contribution in [1.29, 1.82) is 0 Å². The van der Waals surface area contributed by atoms with Gasteiger partial charge >= 0.3 is 0 Å². The van der Waals surface area contributed by atoms with E-state index in [0.29, 0.717) is 5.19 Å². The highest BCUT2D eigenvalue weighted by Crippen LogP contribution is 2.36. The minimum absolute atomic E-state index is 0.250. The number of benzene rings is 3. The van der Waals surface area contributed by atoms with Crippen LogP contribution in [0.15, 0.2) is 72.9 Å². The first-order chi connectivity index (χ1) is 17.7. The number of thiazole rings is 1. The molecule has 0 spiro atoms. The zero-order valence-corrected chi connectivity index (χ0v) is 20.9. The number of fused-ring (bicyclic) bond motifs is 5. The van der Waals surface area contributed by atoms with Gasteiger partial charge in [0.15, 0.2) is 0 Å². The number of H-pyrrole nitrogens is 1. The van der Waals surface area contributed by atoms with Crippen LogP contribution in [0.1, 0.15) is 16.0 Å². The van der Waals surface area contributed by atoms with Gasteiger partial charge in [-0.15, -0.1) is 11.3 Å². The third-order valence-corrected chi connectivity index (χ3v) is 8.62. The minimum Gasteiger partial charge on any atom is -0.483 e. The summed E-state index contributed by atoms with van der Waals surface area (Å²) in [6.45, 7) is 2.82. The first-order valence-electron chi connectivity index (χ1n) is 11.6. The molecule has 0 saturated heterocycles. The van der Waals surface area contributed by atoms with E-state index in [2.05, 4.69) is 63.5 Å². The van der Waals surface area contributed by atoms with Crippen molar-refractivity contribution in [3.05, 3.63) is 88.9 Å². The van der Waals surface area contributed by atoms with Crippen molar-refractivity contribution in [3.63, 3.8) is 0 Å². The molecule has 0 amide bonds. The Morgan fingerprint density at radius 1 is 1.03 bits per heavy atom. The number of nitrogens with one attached hydrogen (secondary N) is 1. The van der Waals surface area contributed by atoms with Crippen LogP contribution in [0.25, 0.3) is 31.2 Å². The van der Waals surface area contributed by atoms with E-state index in [9.17, 15) is 0 Å². The molecule has 1 aliphatic heterocycles. The molecular weight excluding hydrogens is 490 g/mol. The fourth-order valence-corrected chi connectivity index (χ4v) is 6.86. The van der Waals surface area contributed by atoms with Gasteiger partial charge in [0.05, 0.1) is 10.2 Å². The monoisotopic (exact) mass is 513 g/mol. The van der Waals surface area contributed by atoms with Crippen LogP contribution < -0.4 is 4.74 Å². The highest BCUT2D eigenvalue weighted by atomic mass is 32.1. The van der Waals surface area contributed by atoms with E-state index >= 15 is 0 Å². The molecule has 3 aromatic carbocycles. The summed E-state index contributed by atoms with van der Waals surface area (Å²) in [7, 11) is 0. The van der Waals surface area contributed by atoms with Gasteiger partial charge in [-0.3, -0.25) is 9.69 Å². The maximum Gasteiger partial charge on any atom is 0.290 e. The second kappa shape index (κ2) is 9.73. The molecule has 7 rings (SSSR count). The van der Waals surface area contributed by atoms with Crippen molar-refractivity contribution in [2.45, 2.75) is 19.5 Å². The van der Waals surface area contributed by atoms with Crippen LogP contribution in [-0.4, -0.2) is 33.0 Å². The minimum atomic E-state index is -0.250. The Morgan fingerprint density at radius 2 is 1.83 bits per heavy atom. The van der Waals surface area contributed by atoms with Crippen molar-refractivity contribution < 1.29 is 14.6 Å². The molecule has 0 unspecified atom stereocenters. The van der Waals surface area contributed by atoms with E-state index in [1.807, 2.05) is 35.6 Å². The average Bonchev–Trinajstić information content (AvgIpc) is 3.59. The van der Waals surface area contributed by atoms with Crippen LogP contribution in [0, 0.1) is 0 Å². The maximum atomic E-state index is 8.36. The zero-order chi connectivity index (χ0) is 24.5. The molecule has 0 fully saturated rings. The number of hydrogen-bond donors (Lipinski definition) is 2. The molecule has 36 heavy (non-hydrogen) atoms. The van der Waals surface area contributed by atoms with Crippen LogP contribution in [0.3, 0.4) is 0 Å². The molecular formula is C28H23N3O3S2. The number of aromatic nitrogens is 2. The lowest BCUT2D eigenvalue weighted by atomic mass is 10.0. The van der Waals surface area contributed by atoms with Crippen molar-refractivity contribution in [1.82, 2.24) is 14.9 Å². The van der Waals surface area contributed by atoms with Crippen molar-refractivity contribution in [2.24, 2.45) is 0 Å². The molecule has 0 aliphatic carbocycles. The van der Waals surface area contributed by atoms with Gasteiger partial charge in [0, 0.05) is 52.4 Å². The largest absolute Gasteiger partial charge is 0.483 e. The number of hydrogen-bond acceptors (Lipinski definition) is 6. The number of nitrogens with zero attached hydrogens (tertiary/aromatic N) is 2. The molecule has 180 valence electrons. The predicted molar refractivity (Wildman–Crippen MR) is 146 cm³/mol. The van der Waals surface area contributed by atoms with Crippen molar-refractivity contribution >= 4 is 60.4 Å². The fraction of sp³-hybridized carbons (Fsp3) is 0.143. The average molecular weight is 514 g/mol. The summed E-state index contributed by atoms with van der Waals surface area (Å²) in [5, 5.41) is 10.2. The summed E-state index contributed by atoms with van der Waals surface area (Å²) in [6.07, 6.45) is 3.28. The molecule has 6 nitrogen and oxygen atoms in total. The molecule has 1 aliphatic rings. The number of carbonyl (C=O) groups is 1. The lowest BCUT2D eigenvalue weighted by Crippen LogP contribution is -2.29. The van der Waals surface area contributed by atoms with Crippen LogP contribution in [-0.2, 0) is 24.3 Å². The Balaban J connectivity index is 0.000000765. The summed E-state index contributed by atoms with van der Waals surface area (Å²) >= 11 is 3.54. The predicted octanol–water partition coefficient (Wildman–Crippen LogP) is 7.04. The summed E-state index contributed by atoms with van der Waals surface area (Å²) in [5.74, 6) is 0.808. The molecule has 0 atom stereocenters. The van der Waals surface area contributed by atoms with E-state index < -0.39 is 0 Å². The summed E-state index contributed by atoms with van der Waals surface area (Å²) in [4.78, 5) is 20.5. The lowest BCUT2D eigenvalue weighted by molar-refractivity contribution is -0.122. The summed E-state index contributed by atoms with van der Waals surface area (Å²) in [6, 6.07) is 23.2. The van der Waals surface area contributed by atoms with Gasteiger partial charge in [0.1, 0.15) is 5.75 Å². The maximum absolute atomic E-state index is 8.36. The highest BCUT2D eigenvalue weighted by molar-refractivity contribution is 7.20. The third kappa shape index (κ3) is 4.35. The fourth-order valence-electron chi connectivity index (χ4n) is 4.82. The standard InChI is InChI=1S/C27H21N3OS2.CH2O2/c1-3-7-24-20(5-1)21-16-30(12-11-25(21)32-24)15-17-14-28-23-13-18(9-10-19(17)23)31-27-29-22-6-2-4-8-26(22)33-27;2-1-3/h1-10,13-14,28H,11-12,15-16H2;1H,(H,2,3). The number of rotatable bonds is 4. The second-order valence-corrected chi connectivity index (χ2v) is 10.8. The molecule has 4 heterocycles. The van der Waals surface area contributed by atoms with Gasteiger partial charge in [-0.1, -0.05) is 41.7 Å². The Hall–Kier alpha value is -3.72. The van der Waals surface area contributed by atoms with E-state index in [4.69, 9.17) is 14.6 Å².